The molecule has 2 aromatic heterocycles. The molecule has 1 unspecified atom stereocenters. The number of nitrogens with zero attached hydrogens (tertiary/aromatic N) is 4. The van der Waals surface area contributed by atoms with Gasteiger partial charge >= 0.3 is 0 Å². The Morgan fingerprint density at radius 1 is 1.36 bits per heavy atom. The van der Waals surface area contributed by atoms with Crippen molar-refractivity contribution in [1.82, 2.24) is 20.2 Å². The average Bonchev–Trinajstić information content (AvgIpc) is 2.95. The highest BCUT2D eigenvalue weighted by Gasteiger charge is 2.34. The number of fused-ring (bicyclic) bond motifs is 1. The maximum atomic E-state index is 5.85. The smallest absolute Gasteiger partial charge is 0.224 e. The topological polar surface area (TPSA) is 83.7 Å². The Bertz CT molecular complexity index is 618. The molecular formula is C16H28N6. The zero-order valence-corrected chi connectivity index (χ0v) is 14.3. The Kier molecular flexibility index (Phi) is 4.88. The molecule has 0 bridgehead atoms. The van der Waals surface area contributed by atoms with Gasteiger partial charge in [0.2, 0.25) is 5.95 Å². The van der Waals surface area contributed by atoms with Crippen LogP contribution in [0.3, 0.4) is 0 Å². The van der Waals surface area contributed by atoms with E-state index in [9.17, 15) is 0 Å². The molecule has 0 radical (unpaired) electrons. The van der Waals surface area contributed by atoms with E-state index in [4.69, 9.17) is 5.73 Å². The Balaban J connectivity index is 0.000000847. The molecule has 6 nitrogen and oxygen atoms in total. The van der Waals surface area contributed by atoms with E-state index < -0.39 is 0 Å². The summed E-state index contributed by atoms with van der Waals surface area (Å²) in [6.07, 6.45) is 5.33. The first-order valence-electron chi connectivity index (χ1n) is 8.23. The first kappa shape index (κ1) is 16.5. The van der Waals surface area contributed by atoms with Crippen molar-refractivity contribution in [3.05, 3.63) is 6.20 Å². The molecule has 0 saturated carbocycles. The normalized spacial score (nSPS) is 20.6. The van der Waals surface area contributed by atoms with Crippen LogP contribution in [0.15, 0.2) is 6.20 Å². The fraction of sp³-hybridized carbons (Fsp3) is 0.688. The molecule has 0 spiro atoms. The number of hydrogen-bond acceptors (Lipinski definition) is 5. The van der Waals surface area contributed by atoms with E-state index in [2.05, 4.69) is 45.8 Å². The van der Waals surface area contributed by atoms with Gasteiger partial charge in [-0.15, -0.1) is 0 Å². The van der Waals surface area contributed by atoms with E-state index in [1.165, 1.54) is 12.8 Å². The Hall–Kier alpha value is -1.85. The van der Waals surface area contributed by atoms with Gasteiger partial charge in [0.15, 0.2) is 5.65 Å². The predicted molar refractivity (Wildman–Crippen MR) is 91.9 cm³/mol. The summed E-state index contributed by atoms with van der Waals surface area (Å²) in [5, 5.41) is 7.92. The standard InChI is InChI=1S/C14H22N6.C2H6/c1-4-9-5-6-14(2,3)8-20(9)12-10-7-16-19-11(10)17-13(15)18-12;1-2/h7,9H,4-6,8H2,1-3H3,(H3,15,16,17,18,19);1-2H3. The minimum Gasteiger partial charge on any atom is -0.368 e. The van der Waals surface area contributed by atoms with Crippen molar-refractivity contribution in [2.45, 2.75) is 59.9 Å². The Morgan fingerprint density at radius 3 is 2.77 bits per heavy atom. The van der Waals surface area contributed by atoms with Gasteiger partial charge in [0.25, 0.3) is 0 Å². The van der Waals surface area contributed by atoms with E-state index in [0.29, 0.717) is 23.1 Å². The zero-order valence-electron chi connectivity index (χ0n) is 14.3. The summed E-state index contributed by atoms with van der Waals surface area (Å²) in [7, 11) is 0. The lowest BCUT2D eigenvalue weighted by Gasteiger charge is -2.44. The predicted octanol–water partition coefficient (Wildman–Crippen LogP) is 3.37. The van der Waals surface area contributed by atoms with Crippen molar-refractivity contribution in [1.29, 1.82) is 0 Å². The van der Waals surface area contributed by atoms with Crippen LogP contribution in [0, 0.1) is 5.41 Å². The highest BCUT2D eigenvalue weighted by atomic mass is 15.3. The summed E-state index contributed by atoms with van der Waals surface area (Å²) in [4.78, 5) is 11.1. The van der Waals surface area contributed by atoms with Gasteiger partial charge in [-0.1, -0.05) is 34.6 Å². The Morgan fingerprint density at radius 2 is 2.09 bits per heavy atom. The molecule has 3 rings (SSSR count). The monoisotopic (exact) mass is 304 g/mol. The van der Waals surface area contributed by atoms with Crippen LogP contribution < -0.4 is 10.6 Å². The summed E-state index contributed by atoms with van der Waals surface area (Å²) in [6, 6.07) is 0.510. The number of aromatic amines is 1. The second-order valence-corrected chi connectivity index (χ2v) is 6.43. The lowest BCUT2D eigenvalue weighted by atomic mass is 9.80. The van der Waals surface area contributed by atoms with Crippen LogP contribution in [-0.4, -0.2) is 32.8 Å². The number of nitrogens with one attached hydrogen (secondary N) is 1. The van der Waals surface area contributed by atoms with Gasteiger partial charge in [-0.2, -0.15) is 15.1 Å². The third-order valence-corrected chi connectivity index (χ3v) is 4.24. The van der Waals surface area contributed by atoms with E-state index in [0.717, 1.165) is 24.2 Å². The summed E-state index contributed by atoms with van der Waals surface area (Å²) < 4.78 is 0. The highest BCUT2D eigenvalue weighted by molar-refractivity contribution is 5.87. The van der Waals surface area contributed by atoms with Crippen LogP contribution in [0.5, 0.6) is 0 Å². The van der Waals surface area contributed by atoms with Crippen LogP contribution in [0.2, 0.25) is 0 Å². The molecule has 1 aliphatic rings. The fourth-order valence-corrected chi connectivity index (χ4v) is 3.11. The summed E-state index contributed by atoms with van der Waals surface area (Å²) >= 11 is 0. The molecule has 0 aliphatic carbocycles. The van der Waals surface area contributed by atoms with Gasteiger partial charge < -0.3 is 10.6 Å². The van der Waals surface area contributed by atoms with Gasteiger partial charge in [0.1, 0.15) is 5.82 Å². The number of hydrogen-bond donors (Lipinski definition) is 2. The minimum atomic E-state index is 0.293. The quantitative estimate of drug-likeness (QED) is 0.888. The number of H-pyrrole nitrogens is 1. The Labute approximate surface area is 132 Å². The van der Waals surface area contributed by atoms with Crippen LogP contribution in [0.25, 0.3) is 11.0 Å². The molecule has 1 aliphatic heterocycles. The number of piperidine rings is 1. The number of nitrogen functional groups attached to an aromatic ring is 1. The average molecular weight is 304 g/mol. The van der Waals surface area contributed by atoms with Crippen molar-refractivity contribution >= 4 is 22.8 Å². The van der Waals surface area contributed by atoms with E-state index >= 15 is 0 Å². The molecule has 2 aromatic rings. The number of rotatable bonds is 2. The van der Waals surface area contributed by atoms with Gasteiger partial charge in [-0.05, 0) is 24.7 Å². The summed E-state index contributed by atoms with van der Waals surface area (Å²) in [6.45, 7) is 11.8. The van der Waals surface area contributed by atoms with Gasteiger partial charge in [0, 0.05) is 12.6 Å². The second kappa shape index (κ2) is 6.50. The van der Waals surface area contributed by atoms with Crippen molar-refractivity contribution in [2.75, 3.05) is 17.2 Å². The number of aromatic nitrogens is 4. The molecule has 0 amide bonds. The van der Waals surface area contributed by atoms with Crippen molar-refractivity contribution in [3.8, 4) is 0 Å². The number of nitrogens with two attached hydrogens (primary N) is 1. The SMILES string of the molecule is CC.CCC1CCC(C)(C)CN1c1nc(N)nc2[nH]ncc12. The van der Waals surface area contributed by atoms with Crippen molar-refractivity contribution < 1.29 is 0 Å². The molecule has 0 aromatic carbocycles. The van der Waals surface area contributed by atoms with Gasteiger partial charge in [0.05, 0.1) is 11.6 Å². The molecular weight excluding hydrogens is 276 g/mol. The maximum Gasteiger partial charge on any atom is 0.224 e. The van der Waals surface area contributed by atoms with Crippen molar-refractivity contribution in [2.24, 2.45) is 5.41 Å². The first-order valence-corrected chi connectivity index (χ1v) is 8.23. The zero-order chi connectivity index (χ0) is 16.3. The van der Waals surface area contributed by atoms with E-state index in [1.807, 2.05) is 13.8 Å². The van der Waals surface area contributed by atoms with Crippen LogP contribution in [0.4, 0.5) is 11.8 Å². The van der Waals surface area contributed by atoms with Crippen LogP contribution in [-0.2, 0) is 0 Å². The van der Waals surface area contributed by atoms with Crippen molar-refractivity contribution in [3.63, 3.8) is 0 Å². The fourth-order valence-electron chi connectivity index (χ4n) is 3.11. The molecule has 1 saturated heterocycles. The molecule has 122 valence electrons. The second-order valence-electron chi connectivity index (χ2n) is 6.43. The van der Waals surface area contributed by atoms with Crippen LogP contribution >= 0.6 is 0 Å². The summed E-state index contributed by atoms with van der Waals surface area (Å²) in [5.41, 5.74) is 6.86. The third-order valence-electron chi connectivity index (χ3n) is 4.24. The van der Waals surface area contributed by atoms with E-state index in [1.54, 1.807) is 6.20 Å². The lowest BCUT2D eigenvalue weighted by Crippen LogP contribution is -2.47. The van der Waals surface area contributed by atoms with Gasteiger partial charge in [-0.25, -0.2) is 0 Å². The molecule has 6 heteroatoms. The molecule has 3 N–H and O–H groups in total. The molecule has 1 atom stereocenters. The number of anilines is 2. The molecule has 1 fully saturated rings. The molecule has 22 heavy (non-hydrogen) atoms. The lowest BCUT2D eigenvalue weighted by molar-refractivity contribution is 0.253. The largest absolute Gasteiger partial charge is 0.368 e. The minimum absolute atomic E-state index is 0.293. The van der Waals surface area contributed by atoms with Gasteiger partial charge in [-0.3, -0.25) is 5.10 Å². The summed E-state index contributed by atoms with van der Waals surface area (Å²) in [5.74, 6) is 1.22. The third kappa shape index (κ3) is 3.15. The first-order chi connectivity index (χ1) is 10.5. The molecule has 3 heterocycles. The maximum absolute atomic E-state index is 5.85. The van der Waals surface area contributed by atoms with E-state index in [-0.39, 0.29) is 0 Å². The highest BCUT2D eigenvalue weighted by Crippen LogP contribution is 2.37. The van der Waals surface area contributed by atoms with Crippen LogP contribution in [0.1, 0.15) is 53.9 Å².